The maximum Gasteiger partial charge on any atom is 0.254 e. The first-order chi connectivity index (χ1) is 17.6. The molecule has 0 aromatic heterocycles. The van der Waals surface area contributed by atoms with Crippen LogP contribution in [0, 0.1) is 5.92 Å². The molecule has 2 aromatic rings. The lowest BCUT2D eigenvalue weighted by atomic mass is 9.81. The van der Waals surface area contributed by atoms with Crippen molar-refractivity contribution in [1.82, 2.24) is 10.2 Å². The molecule has 1 aliphatic carbocycles. The summed E-state index contributed by atoms with van der Waals surface area (Å²) in [6, 6.07) is 15.3. The van der Waals surface area contributed by atoms with Gasteiger partial charge in [0.1, 0.15) is 0 Å². The van der Waals surface area contributed by atoms with Gasteiger partial charge in [0, 0.05) is 50.6 Å². The quantitative estimate of drug-likeness (QED) is 0.667. The van der Waals surface area contributed by atoms with Gasteiger partial charge < -0.3 is 20.4 Å². The largest absolute Gasteiger partial charge is 0.336 e. The van der Waals surface area contributed by atoms with Crippen molar-refractivity contribution in [3.63, 3.8) is 0 Å². The fourth-order valence-corrected chi connectivity index (χ4v) is 5.92. The third-order valence-electron chi connectivity index (χ3n) is 7.84. The second kappa shape index (κ2) is 11.2. The Hall–Kier alpha value is -3.19. The molecule has 2 fully saturated rings. The number of nitrogens with zero attached hydrogens (tertiary/aromatic N) is 2. The van der Waals surface area contributed by atoms with E-state index in [2.05, 4.69) is 10.6 Å². The van der Waals surface area contributed by atoms with Gasteiger partial charge >= 0.3 is 0 Å². The van der Waals surface area contributed by atoms with Crippen LogP contribution in [0.15, 0.2) is 48.5 Å². The zero-order valence-electron chi connectivity index (χ0n) is 20.9. The Morgan fingerprint density at radius 1 is 0.944 bits per heavy atom. The highest BCUT2D eigenvalue weighted by atomic mass is 16.2. The highest BCUT2D eigenvalue weighted by Gasteiger charge is 2.37. The fraction of sp³-hybridized carbons (Fsp3) is 0.483. The molecule has 2 aromatic carbocycles. The van der Waals surface area contributed by atoms with E-state index in [0.29, 0.717) is 48.8 Å². The van der Waals surface area contributed by atoms with Crippen molar-refractivity contribution in [1.29, 1.82) is 0 Å². The smallest absolute Gasteiger partial charge is 0.254 e. The number of aryl methyl sites for hydroxylation is 1. The Bertz CT molecular complexity index is 1090. The first kappa shape index (κ1) is 24.5. The van der Waals surface area contributed by atoms with E-state index in [0.717, 1.165) is 44.3 Å². The molecule has 7 nitrogen and oxygen atoms in total. The molecule has 1 saturated heterocycles. The van der Waals surface area contributed by atoms with E-state index in [1.807, 2.05) is 52.3 Å². The zero-order chi connectivity index (χ0) is 24.9. The Balaban J connectivity index is 1.46. The topological polar surface area (TPSA) is 81.8 Å². The van der Waals surface area contributed by atoms with Crippen molar-refractivity contribution < 1.29 is 14.4 Å². The monoisotopic (exact) mass is 488 g/mol. The number of nitrogens with one attached hydrogen (secondary N) is 2. The lowest BCUT2D eigenvalue weighted by molar-refractivity contribution is -0.120. The molecule has 3 amide bonds. The number of hydrogen-bond acceptors (Lipinski definition) is 4. The van der Waals surface area contributed by atoms with Crippen LogP contribution < -0.4 is 15.5 Å². The molecule has 3 aliphatic rings. The van der Waals surface area contributed by atoms with Crippen LogP contribution in [0.25, 0.3) is 0 Å². The second-order valence-corrected chi connectivity index (χ2v) is 10.2. The molecule has 1 unspecified atom stereocenters. The summed E-state index contributed by atoms with van der Waals surface area (Å²) >= 11 is 0. The van der Waals surface area contributed by atoms with Crippen LogP contribution in [-0.4, -0.2) is 54.8 Å². The normalized spacial score (nSPS) is 20.9. The molecular weight excluding hydrogens is 452 g/mol. The number of fused-ring (bicyclic) bond motifs is 1. The summed E-state index contributed by atoms with van der Waals surface area (Å²) in [6.07, 6.45) is 6.89. The Kier molecular flexibility index (Phi) is 7.66. The van der Waals surface area contributed by atoms with Crippen molar-refractivity contribution >= 4 is 29.1 Å². The first-order valence-electron chi connectivity index (χ1n) is 13.4. The summed E-state index contributed by atoms with van der Waals surface area (Å²) in [5.41, 5.74) is 2.95. The van der Waals surface area contributed by atoms with Crippen LogP contribution >= 0.6 is 0 Å². The molecular formula is C29H36N4O3. The highest BCUT2D eigenvalue weighted by molar-refractivity contribution is 6.06. The van der Waals surface area contributed by atoms with Crippen LogP contribution in [0.4, 0.5) is 11.4 Å². The summed E-state index contributed by atoms with van der Waals surface area (Å²) in [7, 11) is 0. The molecule has 0 spiro atoms. The predicted octanol–water partition coefficient (Wildman–Crippen LogP) is 3.99. The number of piperazine rings is 1. The van der Waals surface area contributed by atoms with E-state index in [4.69, 9.17) is 0 Å². The van der Waals surface area contributed by atoms with Gasteiger partial charge in [0.2, 0.25) is 11.8 Å². The Morgan fingerprint density at radius 3 is 2.44 bits per heavy atom. The Labute approximate surface area is 213 Å². The van der Waals surface area contributed by atoms with E-state index in [1.54, 1.807) is 6.07 Å². The van der Waals surface area contributed by atoms with Crippen LogP contribution in [0.2, 0.25) is 0 Å². The van der Waals surface area contributed by atoms with E-state index < -0.39 is 0 Å². The standard InChI is InChI=1S/C29H36N4O3/c34-27-20-26(22-9-5-2-6-10-22)33(28(35)14-11-21-7-3-1-4-8-21)25-13-12-23(19-24(25)31-27)29(36)32-17-15-30-16-18-32/h1,3-4,7-8,12-13,19,22,26,30H,2,5-6,9-11,14-18,20H2,(H,31,34). The number of rotatable bonds is 5. The number of carbonyl (C=O) groups is 3. The maximum atomic E-state index is 13.8. The van der Waals surface area contributed by atoms with E-state index in [1.165, 1.54) is 6.42 Å². The van der Waals surface area contributed by atoms with Gasteiger partial charge in [0.25, 0.3) is 5.91 Å². The van der Waals surface area contributed by atoms with Crippen molar-refractivity contribution in [2.45, 2.75) is 57.4 Å². The van der Waals surface area contributed by atoms with Crippen LogP contribution in [0.1, 0.15) is 60.9 Å². The van der Waals surface area contributed by atoms with Gasteiger partial charge in [-0.3, -0.25) is 14.4 Å². The summed E-state index contributed by atoms with van der Waals surface area (Å²) < 4.78 is 0. The molecule has 1 saturated carbocycles. The molecule has 0 radical (unpaired) electrons. The first-order valence-corrected chi connectivity index (χ1v) is 13.4. The Morgan fingerprint density at radius 2 is 1.69 bits per heavy atom. The number of anilines is 2. The second-order valence-electron chi connectivity index (χ2n) is 10.2. The molecule has 7 heteroatoms. The summed E-state index contributed by atoms with van der Waals surface area (Å²) in [5, 5.41) is 6.30. The molecule has 190 valence electrons. The van der Waals surface area contributed by atoms with Crippen LogP contribution in [0.5, 0.6) is 0 Å². The highest BCUT2D eigenvalue weighted by Crippen LogP contribution is 2.39. The summed E-state index contributed by atoms with van der Waals surface area (Å²) in [6.45, 7) is 2.88. The average molecular weight is 489 g/mol. The van der Waals surface area contributed by atoms with Crippen molar-refractivity contribution in [3.05, 3.63) is 59.7 Å². The molecule has 36 heavy (non-hydrogen) atoms. The minimum Gasteiger partial charge on any atom is -0.336 e. The zero-order valence-corrected chi connectivity index (χ0v) is 20.9. The minimum atomic E-state index is -0.162. The summed E-state index contributed by atoms with van der Waals surface area (Å²) in [4.78, 5) is 43.8. The number of hydrogen-bond donors (Lipinski definition) is 2. The number of carbonyl (C=O) groups excluding carboxylic acids is 3. The molecule has 2 heterocycles. The number of benzene rings is 2. The van der Waals surface area contributed by atoms with Gasteiger partial charge in [-0.1, -0.05) is 49.6 Å². The van der Waals surface area contributed by atoms with Crippen molar-refractivity contribution in [2.24, 2.45) is 5.92 Å². The lowest BCUT2D eigenvalue weighted by Gasteiger charge is -2.38. The van der Waals surface area contributed by atoms with Gasteiger partial charge in [-0.05, 0) is 48.9 Å². The average Bonchev–Trinajstić information content (AvgIpc) is 3.08. The van der Waals surface area contributed by atoms with Crippen LogP contribution in [-0.2, 0) is 16.0 Å². The molecule has 1 atom stereocenters. The van der Waals surface area contributed by atoms with Gasteiger partial charge in [-0.2, -0.15) is 0 Å². The maximum absolute atomic E-state index is 13.8. The fourth-order valence-electron chi connectivity index (χ4n) is 5.92. The van der Waals surface area contributed by atoms with Gasteiger partial charge in [-0.25, -0.2) is 0 Å². The molecule has 2 aliphatic heterocycles. The van der Waals surface area contributed by atoms with E-state index in [-0.39, 0.29) is 30.2 Å². The van der Waals surface area contributed by atoms with Crippen LogP contribution in [0.3, 0.4) is 0 Å². The predicted molar refractivity (Wildman–Crippen MR) is 141 cm³/mol. The number of amides is 3. The van der Waals surface area contributed by atoms with Crippen molar-refractivity contribution in [2.75, 3.05) is 36.4 Å². The third kappa shape index (κ3) is 5.46. The minimum absolute atomic E-state index is 0.0355. The van der Waals surface area contributed by atoms with E-state index >= 15 is 0 Å². The lowest BCUT2D eigenvalue weighted by Crippen LogP contribution is -2.46. The molecule has 2 N–H and O–H groups in total. The van der Waals surface area contributed by atoms with Crippen molar-refractivity contribution in [3.8, 4) is 0 Å². The van der Waals surface area contributed by atoms with Gasteiger partial charge in [-0.15, -0.1) is 0 Å². The SMILES string of the molecule is O=C1CC(C2CCCCC2)N(C(=O)CCc2ccccc2)c2ccc(C(=O)N3CCNCC3)cc2N1. The molecule has 0 bridgehead atoms. The van der Waals surface area contributed by atoms with Gasteiger partial charge in [0.15, 0.2) is 0 Å². The third-order valence-corrected chi connectivity index (χ3v) is 7.84. The summed E-state index contributed by atoms with van der Waals surface area (Å²) in [5.74, 6) is 0.215. The molecule has 5 rings (SSSR count). The van der Waals surface area contributed by atoms with E-state index in [9.17, 15) is 14.4 Å². The van der Waals surface area contributed by atoms with Gasteiger partial charge in [0.05, 0.1) is 11.4 Å².